The molecule has 1 fully saturated rings. The van der Waals surface area contributed by atoms with Crippen molar-refractivity contribution < 1.29 is 4.79 Å². The third kappa shape index (κ3) is 3.49. The first-order chi connectivity index (χ1) is 7.10. The van der Waals surface area contributed by atoms with Gasteiger partial charge in [-0.3, -0.25) is 4.79 Å². The standard InChI is InChI=1S/C12H24N2O/c1-4-14(8-9(2)7-13)12(15)10(3)11-5-6-11/h9-11H,4-8,13H2,1-3H3. The van der Waals surface area contributed by atoms with Crippen molar-refractivity contribution in [3.8, 4) is 0 Å². The topological polar surface area (TPSA) is 46.3 Å². The van der Waals surface area contributed by atoms with Crippen LogP contribution in [0.1, 0.15) is 33.6 Å². The Morgan fingerprint density at radius 3 is 2.47 bits per heavy atom. The average molecular weight is 212 g/mol. The number of hydrogen-bond acceptors (Lipinski definition) is 2. The fourth-order valence-electron chi connectivity index (χ4n) is 1.91. The van der Waals surface area contributed by atoms with Crippen molar-refractivity contribution in [1.29, 1.82) is 0 Å². The van der Waals surface area contributed by atoms with E-state index in [1.165, 1.54) is 12.8 Å². The maximum Gasteiger partial charge on any atom is 0.225 e. The molecule has 0 heterocycles. The first-order valence-electron chi connectivity index (χ1n) is 6.09. The lowest BCUT2D eigenvalue weighted by molar-refractivity contribution is -0.136. The van der Waals surface area contributed by atoms with Gasteiger partial charge in [0, 0.05) is 19.0 Å². The van der Waals surface area contributed by atoms with Gasteiger partial charge < -0.3 is 10.6 Å². The molecule has 0 aromatic heterocycles. The van der Waals surface area contributed by atoms with Crippen molar-refractivity contribution in [2.75, 3.05) is 19.6 Å². The van der Waals surface area contributed by atoms with E-state index in [0.717, 1.165) is 13.1 Å². The highest BCUT2D eigenvalue weighted by Crippen LogP contribution is 2.37. The molecule has 2 N–H and O–H groups in total. The van der Waals surface area contributed by atoms with Crippen molar-refractivity contribution in [1.82, 2.24) is 4.90 Å². The second kappa shape index (κ2) is 5.50. The van der Waals surface area contributed by atoms with Crippen LogP contribution in [0.2, 0.25) is 0 Å². The van der Waals surface area contributed by atoms with Gasteiger partial charge in [0.15, 0.2) is 0 Å². The number of rotatable bonds is 6. The quantitative estimate of drug-likeness (QED) is 0.725. The summed E-state index contributed by atoms with van der Waals surface area (Å²) in [5.74, 6) is 1.59. The Kier molecular flexibility index (Phi) is 4.58. The van der Waals surface area contributed by atoms with E-state index >= 15 is 0 Å². The molecule has 0 saturated heterocycles. The molecule has 0 radical (unpaired) electrons. The zero-order valence-corrected chi connectivity index (χ0v) is 10.2. The molecule has 0 bridgehead atoms. The fraction of sp³-hybridized carbons (Fsp3) is 0.917. The van der Waals surface area contributed by atoms with Crippen LogP contribution in [0.15, 0.2) is 0 Å². The Labute approximate surface area is 93.0 Å². The number of nitrogens with zero attached hydrogens (tertiary/aromatic N) is 1. The molecule has 2 atom stereocenters. The summed E-state index contributed by atoms with van der Waals surface area (Å²) in [6, 6.07) is 0. The molecule has 1 aliphatic carbocycles. The Hall–Kier alpha value is -0.570. The largest absolute Gasteiger partial charge is 0.342 e. The number of hydrogen-bond donors (Lipinski definition) is 1. The van der Waals surface area contributed by atoms with Gasteiger partial charge in [0.05, 0.1) is 0 Å². The van der Waals surface area contributed by atoms with Gasteiger partial charge in [0.1, 0.15) is 0 Å². The van der Waals surface area contributed by atoms with Crippen molar-refractivity contribution in [3.05, 3.63) is 0 Å². The number of carbonyl (C=O) groups is 1. The van der Waals surface area contributed by atoms with E-state index in [2.05, 4.69) is 13.8 Å². The van der Waals surface area contributed by atoms with Crippen LogP contribution in [0.4, 0.5) is 0 Å². The fourth-order valence-corrected chi connectivity index (χ4v) is 1.91. The van der Waals surface area contributed by atoms with Gasteiger partial charge in [0.25, 0.3) is 0 Å². The summed E-state index contributed by atoms with van der Waals surface area (Å²) in [5, 5.41) is 0. The first-order valence-corrected chi connectivity index (χ1v) is 6.09. The maximum atomic E-state index is 12.1. The molecule has 0 aliphatic heterocycles. The van der Waals surface area contributed by atoms with Crippen LogP contribution in [0.5, 0.6) is 0 Å². The number of carbonyl (C=O) groups excluding carboxylic acids is 1. The van der Waals surface area contributed by atoms with Crippen LogP contribution in [0.3, 0.4) is 0 Å². The van der Waals surface area contributed by atoms with Crippen molar-refractivity contribution in [2.45, 2.75) is 33.6 Å². The molecule has 1 rings (SSSR count). The first kappa shape index (κ1) is 12.5. The zero-order valence-electron chi connectivity index (χ0n) is 10.2. The van der Waals surface area contributed by atoms with Gasteiger partial charge in [-0.1, -0.05) is 13.8 Å². The second-order valence-corrected chi connectivity index (χ2v) is 4.84. The lowest BCUT2D eigenvalue weighted by atomic mass is 10.0. The van der Waals surface area contributed by atoms with E-state index in [9.17, 15) is 4.79 Å². The molecule has 1 amide bonds. The SMILES string of the molecule is CCN(CC(C)CN)C(=O)C(C)C1CC1. The predicted octanol–water partition coefficient (Wildman–Crippen LogP) is 1.48. The number of amides is 1. The summed E-state index contributed by atoms with van der Waals surface area (Å²) in [6.45, 7) is 8.47. The molecule has 88 valence electrons. The van der Waals surface area contributed by atoms with E-state index in [1.807, 2.05) is 11.8 Å². The normalized spacial score (nSPS) is 19.7. The monoisotopic (exact) mass is 212 g/mol. The zero-order chi connectivity index (χ0) is 11.4. The van der Waals surface area contributed by atoms with Crippen LogP contribution in [0.25, 0.3) is 0 Å². The van der Waals surface area contributed by atoms with Crippen LogP contribution < -0.4 is 5.73 Å². The van der Waals surface area contributed by atoms with Crippen LogP contribution in [-0.2, 0) is 4.79 Å². The summed E-state index contributed by atoms with van der Waals surface area (Å²) < 4.78 is 0. The maximum absolute atomic E-state index is 12.1. The Balaban J connectivity index is 2.45. The van der Waals surface area contributed by atoms with Gasteiger partial charge in [-0.05, 0) is 38.1 Å². The highest BCUT2D eigenvalue weighted by molar-refractivity contribution is 5.79. The molecule has 1 saturated carbocycles. The van der Waals surface area contributed by atoms with Crippen LogP contribution in [-0.4, -0.2) is 30.4 Å². The molecular formula is C12H24N2O. The van der Waals surface area contributed by atoms with Gasteiger partial charge >= 0.3 is 0 Å². The molecular weight excluding hydrogens is 188 g/mol. The van der Waals surface area contributed by atoms with Crippen LogP contribution in [0, 0.1) is 17.8 Å². The van der Waals surface area contributed by atoms with Crippen molar-refractivity contribution >= 4 is 5.91 Å². The molecule has 15 heavy (non-hydrogen) atoms. The Bertz CT molecular complexity index is 214. The molecule has 0 spiro atoms. The average Bonchev–Trinajstić information content (AvgIpc) is 3.07. The van der Waals surface area contributed by atoms with Gasteiger partial charge in [-0.2, -0.15) is 0 Å². The van der Waals surface area contributed by atoms with E-state index in [4.69, 9.17) is 5.73 Å². The van der Waals surface area contributed by atoms with E-state index in [-0.39, 0.29) is 5.92 Å². The Morgan fingerprint density at radius 1 is 1.47 bits per heavy atom. The molecule has 3 heteroatoms. The van der Waals surface area contributed by atoms with E-state index in [0.29, 0.717) is 24.3 Å². The summed E-state index contributed by atoms with van der Waals surface area (Å²) in [4.78, 5) is 14.1. The van der Waals surface area contributed by atoms with Gasteiger partial charge in [-0.25, -0.2) is 0 Å². The third-order valence-corrected chi connectivity index (χ3v) is 3.35. The lowest BCUT2D eigenvalue weighted by Gasteiger charge is -2.26. The molecule has 3 nitrogen and oxygen atoms in total. The summed E-state index contributed by atoms with van der Waals surface area (Å²) in [6.07, 6.45) is 2.47. The van der Waals surface area contributed by atoms with Gasteiger partial charge in [-0.15, -0.1) is 0 Å². The highest BCUT2D eigenvalue weighted by atomic mass is 16.2. The Morgan fingerprint density at radius 2 is 2.07 bits per heavy atom. The molecule has 0 aromatic rings. The van der Waals surface area contributed by atoms with E-state index in [1.54, 1.807) is 0 Å². The molecule has 2 unspecified atom stereocenters. The summed E-state index contributed by atoms with van der Waals surface area (Å²) >= 11 is 0. The summed E-state index contributed by atoms with van der Waals surface area (Å²) in [5.41, 5.74) is 5.59. The second-order valence-electron chi connectivity index (χ2n) is 4.84. The predicted molar refractivity (Wildman–Crippen MR) is 62.4 cm³/mol. The lowest BCUT2D eigenvalue weighted by Crippen LogP contribution is -2.40. The minimum absolute atomic E-state index is 0.218. The number of nitrogens with two attached hydrogens (primary N) is 1. The highest BCUT2D eigenvalue weighted by Gasteiger charge is 2.34. The summed E-state index contributed by atoms with van der Waals surface area (Å²) in [7, 11) is 0. The van der Waals surface area contributed by atoms with Crippen LogP contribution >= 0.6 is 0 Å². The molecule has 1 aliphatic rings. The smallest absolute Gasteiger partial charge is 0.225 e. The minimum Gasteiger partial charge on any atom is -0.342 e. The van der Waals surface area contributed by atoms with Gasteiger partial charge in [0.2, 0.25) is 5.91 Å². The van der Waals surface area contributed by atoms with E-state index < -0.39 is 0 Å². The van der Waals surface area contributed by atoms with Crippen molar-refractivity contribution in [3.63, 3.8) is 0 Å². The minimum atomic E-state index is 0.218. The van der Waals surface area contributed by atoms with Crippen molar-refractivity contribution in [2.24, 2.45) is 23.5 Å². The molecule has 0 aromatic carbocycles. The third-order valence-electron chi connectivity index (χ3n) is 3.35.